The van der Waals surface area contributed by atoms with Crippen LogP contribution in [0.15, 0.2) is 24.3 Å². The maximum absolute atomic E-state index is 11.8. The van der Waals surface area contributed by atoms with Gasteiger partial charge in [0.25, 0.3) is 5.91 Å². The molecule has 1 amide bonds. The molecule has 2 rings (SSSR count). The van der Waals surface area contributed by atoms with Crippen LogP contribution < -0.4 is 15.4 Å². The highest BCUT2D eigenvalue weighted by molar-refractivity contribution is 5.85. The van der Waals surface area contributed by atoms with E-state index < -0.39 is 0 Å². The second-order valence-corrected chi connectivity index (χ2v) is 6.01. The minimum atomic E-state index is -0.0455. The van der Waals surface area contributed by atoms with Crippen molar-refractivity contribution in [2.45, 2.75) is 32.6 Å². The van der Waals surface area contributed by atoms with E-state index in [1.165, 1.54) is 12.0 Å². The summed E-state index contributed by atoms with van der Waals surface area (Å²) >= 11 is 0. The molecule has 1 aliphatic heterocycles. The van der Waals surface area contributed by atoms with Gasteiger partial charge in [-0.15, -0.1) is 12.4 Å². The molecule has 1 fully saturated rings. The molecule has 0 bridgehead atoms. The van der Waals surface area contributed by atoms with Gasteiger partial charge in [0.1, 0.15) is 5.75 Å². The van der Waals surface area contributed by atoms with Gasteiger partial charge in [0.15, 0.2) is 6.61 Å². The second kappa shape index (κ2) is 9.70. The molecule has 124 valence electrons. The zero-order chi connectivity index (χ0) is 15.1. The van der Waals surface area contributed by atoms with Crippen LogP contribution in [0.25, 0.3) is 0 Å². The van der Waals surface area contributed by atoms with Gasteiger partial charge in [-0.05, 0) is 55.5 Å². The SMILES string of the molecule is CC(C)c1cccc(OCC(=O)NCCC2CCNC2)c1.Cl. The van der Waals surface area contributed by atoms with Crippen LogP contribution in [-0.4, -0.2) is 32.1 Å². The summed E-state index contributed by atoms with van der Waals surface area (Å²) in [5.41, 5.74) is 1.22. The van der Waals surface area contributed by atoms with Gasteiger partial charge in [0.2, 0.25) is 0 Å². The molecular weight excluding hydrogens is 300 g/mol. The smallest absolute Gasteiger partial charge is 0.257 e. The van der Waals surface area contributed by atoms with E-state index in [0.717, 1.165) is 31.8 Å². The molecule has 22 heavy (non-hydrogen) atoms. The Kier molecular flexibility index (Phi) is 8.28. The lowest BCUT2D eigenvalue weighted by atomic mass is 10.0. The Labute approximate surface area is 139 Å². The Balaban J connectivity index is 0.00000242. The zero-order valence-corrected chi connectivity index (χ0v) is 14.2. The second-order valence-electron chi connectivity index (χ2n) is 6.01. The number of ether oxygens (including phenoxy) is 1. The Hall–Kier alpha value is -1.26. The summed E-state index contributed by atoms with van der Waals surface area (Å²) in [5, 5.41) is 6.26. The van der Waals surface area contributed by atoms with Crippen molar-refractivity contribution in [2.24, 2.45) is 5.92 Å². The summed E-state index contributed by atoms with van der Waals surface area (Å²) in [5.74, 6) is 1.88. The van der Waals surface area contributed by atoms with Crippen molar-refractivity contribution in [2.75, 3.05) is 26.2 Å². The number of halogens is 1. The molecule has 4 nitrogen and oxygen atoms in total. The topological polar surface area (TPSA) is 50.4 Å². The van der Waals surface area contributed by atoms with Gasteiger partial charge in [0, 0.05) is 6.54 Å². The highest BCUT2D eigenvalue weighted by atomic mass is 35.5. The fourth-order valence-corrected chi connectivity index (χ4v) is 2.54. The van der Waals surface area contributed by atoms with Crippen LogP contribution in [-0.2, 0) is 4.79 Å². The highest BCUT2D eigenvalue weighted by Crippen LogP contribution is 2.19. The summed E-state index contributed by atoms with van der Waals surface area (Å²) in [6.45, 7) is 7.29. The molecule has 1 saturated heterocycles. The quantitative estimate of drug-likeness (QED) is 0.810. The first-order chi connectivity index (χ1) is 10.1. The average molecular weight is 327 g/mol. The van der Waals surface area contributed by atoms with Gasteiger partial charge >= 0.3 is 0 Å². The molecule has 1 unspecified atom stereocenters. The molecule has 2 N–H and O–H groups in total. The highest BCUT2D eigenvalue weighted by Gasteiger charge is 2.14. The standard InChI is InChI=1S/C17H26N2O2.ClH/c1-13(2)15-4-3-5-16(10-15)21-12-17(20)19-9-7-14-6-8-18-11-14;/h3-5,10,13-14,18H,6-9,11-12H2,1-2H3,(H,19,20);1H. The molecule has 5 heteroatoms. The summed E-state index contributed by atoms with van der Waals surface area (Å²) in [6.07, 6.45) is 2.26. The monoisotopic (exact) mass is 326 g/mol. The van der Waals surface area contributed by atoms with Crippen molar-refractivity contribution in [3.8, 4) is 5.75 Å². The van der Waals surface area contributed by atoms with Crippen molar-refractivity contribution in [1.29, 1.82) is 0 Å². The number of carbonyl (C=O) groups excluding carboxylic acids is 1. The number of carbonyl (C=O) groups is 1. The van der Waals surface area contributed by atoms with Crippen molar-refractivity contribution < 1.29 is 9.53 Å². The molecule has 1 aliphatic rings. The predicted octanol–water partition coefficient (Wildman–Crippen LogP) is 2.73. The molecule has 0 saturated carbocycles. The normalized spacial score (nSPS) is 17.1. The molecule has 1 aromatic carbocycles. The van der Waals surface area contributed by atoms with Crippen LogP contribution in [0.3, 0.4) is 0 Å². The number of hydrogen-bond acceptors (Lipinski definition) is 3. The molecule has 0 aliphatic carbocycles. The Morgan fingerprint density at radius 3 is 2.95 bits per heavy atom. The largest absolute Gasteiger partial charge is 0.484 e. The lowest BCUT2D eigenvalue weighted by molar-refractivity contribution is -0.123. The van der Waals surface area contributed by atoms with Crippen LogP contribution >= 0.6 is 12.4 Å². The summed E-state index contributed by atoms with van der Waals surface area (Å²) in [7, 11) is 0. The van der Waals surface area contributed by atoms with Gasteiger partial charge in [-0.3, -0.25) is 4.79 Å². The predicted molar refractivity (Wildman–Crippen MR) is 91.9 cm³/mol. The van der Waals surface area contributed by atoms with Crippen LogP contribution in [0.5, 0.6) is 5.75 Å². The minimum Gasteiger partial charge on any atom is -0.484 e. The van der Waals surface area contributed by atoms with E-state index in [1.807, 2.05) is 18.2 Å². The lowest BCUT2D eigenvalue weighted by Gasteiger charge is -2.11. The summed E-state index contributed by atoms with van der Waals surface area (Å²) in [4.78, 5) is 11.8. The van der Waals surface area contributed by atoms with E-state index >= 15 is 0 Å². The molecular formula is C17H27ClN2O2. The van der Waals surface area contributed by atoms with E-state index in [-0.39, 0.29) is 24.9 Å². The molecule has 1 atom stereocenters. The maximum atomic E-state index is 11.8. The molecule has 1 heterocycles. The number of benzene rings is 1. The van der Waals surface area contributed by atoms with Gasteiger partial charge in [-0.25, -0.2) is 0 Å². The zero-order valence-electron chi connectivity index (χ0n) is 13.4. The van der Waals surface area contributed by atoms with Crippen LogP contribution in [0.2, 0.25) is 0 Å². The Morgan fingerprint density at radius 2 is 2.27 bits per heavy atom. The first kappa shape index (κ1) is 18.8. The van der Waals surface area contributed by atoms with E-state index in [0.29, 0.717) is 11.8 Å². The Morgan fingerprint density at radius 1 is 1.45 bits per heavy atom. The third-order valence-electron chi connectivity index (χ3n) is 3.93. The summed E-state index contributed by atoms with van der Waals surface area (Å²) in [6, 6.07) is 7.94. The van der Waals surface area contributed by atoms with Crippen LogP contribution in [0, 0.1) is 5.92 Å². The molecule has 0 radical (unpaired) electrons. The van der Waals surface area contributed by atoms with Gasteiger partial charge < -0.3 is 15.4 Å². The Bertz CT molecular complexity index is 460. The third-order valence-corrected chi connectivity index (χ3v) is 3.93. The van der Waals surface area contributed by atoms with Gasteiger partial charge in [-0.1, -0.05) is 26.0 Å². The molecule has 0 spiro atoms. The van der Waals surface area contributed by atoms with Gasteiger partial charge in [0.05, 0.1) is 0 Å². The number of hydrogen-bond donors (Lipinski definition) is 2. The fourth-order valence-electron chi connectivity index (χ4n) is 2.54. The number of amides is 1. The van der Waals surface area contributed by atoms with Crippen molar-refractivity contribution in [3.05, 3.63) is 29.8 Å². The first-order valence-corrected chi connectivity index (χ1v) is 7.85. The van der Waals surface area contributed by atoms with E-state index in [2.05, 4.69) is 30.5 Å². The van der Waals surface area contributed by atoms with Gasteiger partial charge in [-0.2, -0.15) is 0 Å². The van der Waals surface area contributed by atoms with Crippen molar-refractivity contribution in [3.63, 3.8) is 0 Å². The molecule has 0 aromatic heterocycles. The average Bonchev–Trinajstić information content (AvgIpc) is 2.99. The van der Waals surface area contributed by atoms with Crippen molar-refractivity contribution >= 4 is 18.3 Å². The number of rotatable bonds is 7. The number of nitrogens with one attached hydrogen (secondary N) is 2. The molecule has 1 aromatic rings. The van der Waals surface area contributed by atoms with E-state index in [4.69, 9.17) is 4.74 Å². The fraction of sp³-hybridized carbons (Fsp3) is 0.588. The van der Waals surface area contributed by atoms with E-state index in [1.54, 1.807) is 0 Å². The maximum Gasteiger partial charge on any atom is 0.257 e. The minimum absolute atomic E-state index is 0. The van der Waals surface area contributed by atoms with Crippen LogP contribution in [0.1, 0.15) is 38.2 Å². The first-order valence-electron chi connectivity index (χ1n) is 7.85. The lowest BCUT2D eigenvalue weighted by Crippen LogP contribution is -2.30. The van der Waals surface area contributed by atoms with E-state index in [9.17, 15) is 4.79 Å². The van der Waals surface area contributed by atoms with Crippen molar-refractivity contribution in [1.82, 2.24) is 10.6 Å². The third kappa shape index (κ3) is 6.24. The summed E-state index contributed by atoms with van der Waals surface area (Å²) < 4.78 is 5.56. The van der Waals surface area contributed by atoms with Crippen LogP contribution in [0.4, 0.5) is 0 Å².